The molecule has 0 unspecified atom stereocenters. The Kier molecular flexibility index (Phi) is 5.44. The largest absolute Gasteiger partial charge is 0.462 e. The molecule has 1 heterocycles. The molecule has 0 aromatic heterocycles. The number of hydrogen-bond acceptors (Lipinski definition) is 6. The van der Waals surface area contributed by atoms with Gasteiger partial charge >= 0.3 is 5.97 Å². The standard InChI is InChI=1S/C14H18N2O4S/c1-2-20-14(17)12-10-11(4-5-13(12)16(18)19)15-6-3-8-21-9-7-15/h4-5,10H,2-3,6-9H2,1H3. The predicted octanol–water partition coefficient (Wildman–Crippen LogP) is 2.71. The highest BCUT2D eigenvalue weighted by molar-refractivity contribution is 7.99. The summed E-state index contributed by atoms with van der Waals surface area (Å²) >= 11 is 1.90. The lowest BCUT2D eigenvalue weighted by molar-refractivity contribution is -0.385. The van der Waals surface area contributed by atoms with Gasteiger partial charge in [-0.25, -0.2) is 4.79 Å². The summed E-state index contributed by atoms with van der Waals surface area (Å²) in [6.45, 7) is 3.65. The highest BCUT2D eigenvalue weighted by Gasteiger charge is 2.23. The van der Waals surface area contributed by atoms with Gasteiger partial charge in [0.1, 0.15) is 5.56 Å². The highest BCUT2D eigenvalue weighted by atomic mass is 32.2. The fraction of sp³-hybridized carbons (Fsp3) is 0.500. The zero-order valence-corrected chi connectivity index (χ0v) is 12.7. The number of nitrogens with zero attached hydrogens (tertiary/aromatic N) is 2. The van der Waals surface area contributed by atoms with E-state index in [0.29, 0.717) is 0 Å². The predicted molar refractivity (Wildman–Crippen MR) is 83.2 cm³/mol. The number of benzene rings is 1. The molecule has 114 valence electrons. The molecule has 1 fully saturated rings. The van der Waals surface area contributed by atoms with E-state index in [2.05, 4.69) is 4.90 Å². The Bertz CT molecular complexity index is 528. The number of hydrogen-bond donors (Lipinski definition) is 0. The molecule has 0 atom stereocenters. The minimum absolute atomic E-state index is 0.0243. The van der Waals surface area contributed by atoms with Crippen LogP contribution in [-0.4, -0.2) is 42.1 Å². The van der Waals surface area contributed by atoms with Gasteiger partial charge in [-0.15, -0.1) is 0 Å². The van der Waals surface area contributed by atoms with Gasteiger partial charge < -0.3 is 9.64 Å². The first-order valence-electron chi connectivity index (χ1n) is 6.91. The van der Waals surface area contributed by atoms with Crippen LogP contribution in [0.2, 0.25) is 0 Å². The molecule has 21 heavy (non-hydrogen) atoms. The third kappa shape index (κ3) is 3.87. The van der Waals surface area contributed by atoms with Crippen molar-refractivity contribution in [1.82, 2.24) is 0 Å². The Morgan fingerprint density at radius 3 is 2.95 bits per heavy atom. The summed E-state index contributed by atoms with van der Waals surface area (Å²) < 4.78 is 4.92. The third-order valence-corrected chi connectivity index (χ3v) is 4.31. The van der Waals surface area contributed by atoms with Gasteiger partial charge in [0.05, 0.1) is 11.5 Å². The Balaban J connectivity index is 2.33. The molecule has 1 aliphatic heterocycles. The summed E-state index contributed by atoms with van der Waals surface area (Å²) in [5, 5.41) is 11.1. The summed E-state index contributed by atoms with van der Waals surface area (Å²) in [4.78, 5) is 24.6. The second-order valence-electron chi connectivity index (χ2n) is 4.63. The number of nitro benzene ring substituents is 1. The molecule has 0 amide bonds. The quantitative estimate of drug-likeness (QED) is 0.484. The summed E-state index contributed by atoms with van der Waals surface area (Å²) in [5.74, 6) is 1.50. The second-order valence-corrected chi connectivity index (χ2v) is 5.86. The lowest BCUT2D eigenvalue weighted by Gasteiger charge is -2.22. The molecule has 0 aliphatic carbocycles. The van der Waals surface area contributed by atoms with Gasteiger partial charge in [0.15, 0.2) is 0 Å². The molecule has 1 aromatic rings. The number of esters is 1. The molecule has 0 bridgehead atoms. The van der Waals surface area contributed by atoms with E-state index in [9.17, 15) is 14.9 Å². The topological polar surface area (TPSA) is 72.7 Å². The molecule has 2 rings (SSSR count). The van der Waals surface area contributed by atoms with Crippen LogP contribution >= 0.6 is 11.8 Å². The zero-order chi connectivity index (χ0) is 15.2. The Morgan fingerprint density at radius 2 is 2.24 bits per heavy atom. The van der Waals surface area contributed by atoms with Crippen molar-refractivity contribution < 1.29 is 14.5 Å². The fourth-order valence-electron chi connectivity index (χ4n) is 2.26. The first kappa shape index (κ1) is 15.6. The number of carbonyl (C=O) groups excluding carboxylic acids is 1. The van der Waals surface area contributed by atoms with Crippen molar-refractivity contribution in [2.75, 3.05) is 36.1 Å². The summed E-state index contributed by atoms with van der Waals surface area (Å²) in [6.07, 6.45) is 1.07. The maximum Gasteiger partial charge on any atom is 0.345 e. The SMILES string of the molecule is CCOC(=O)c1cc(N2CCCSCC2)ccc1[N+](=O)[O-]. The molecular formula is C14H18N2O4S. The molecule has 7 heteroatoms. The monoisotopic (exact) mass is 310 g/mol. The van der Waals surface area contributed by atoms with Crippen molar-refractivity contribution in [2.45, 2.75) is 13.3 Å². The van der Waals surface area contributed by atoms with Crippen molar-refractivity contribution in [1.29, 1.82) is 0 Å². The first-order valence-corrected chi connectivity index (χ1v) is 8.07. The summed E-state index contributed by atoms with van der Waals surface area (Å²) in [7, 11) is 0. The molecular weight excluding hydrogens is 292 g/mol. The fourth-order valence-corrected chi connectivity index (χ4v) is 3.14. The van der Waals surface area contributed by atoms with E-state index in [4.69, 9.17) is 4.74 Å². The van der Waals surface area contributed by atoms with Gasteiger partial charge in [-0.05, 0) is 31.2 Å². The molecule has 0 radical (unpaired) electrons. The third-order valence-electron chi connectivity index (χ3n) is 3.26. The normalized spacial score (nSPS) is 15.4. The number of rotatable bonds is 4. The van der Waals surface area contributed by atoms with E-state index in [0.717, 1.165) is 36.7 Å². The Morgan fingerprint density at radius 1 is 1.43 bits per heavy atom. The second kappa shape index (κ2) is 7.31. The van der Waals surface area contributed by atoms with Crippen LogP contribution in [-0.2, 0) is 4.74 Å². The minimum Gasteiger partial charge on any atom is -0.462 e. The zero-order valence-electron chi connectivity index (χ0n) is 11.9. The molecule has 1 saturated heterocycles. The van der Waals surface area contributed by atoms with E-state index >= 15 is 0 Å². The maximum atomic E-state index is 11.9. The maximum absolute atomic E-state index is 11.9. The van der Waals surface area contributed by atoms with Crippen LogP contribution in [0.4, 0.5) is 11.4 Å². The van der Waals surface area contributed by atoms with Crippen molar-refractivity contribution >= 4 is 29.1 Å². The van der Waals surface area contributed by atoms with Gasteiger partial charge in [-0.1, -0.05) is 0 Å². The average molecular weight is 310 g/mol. The van der Waals surface area contributed by atoms with Gasteiger partial charge in [0.25, 0.3) is 5.69 Å². The van der Waals surface area contributed by atoms with Crippen molar-refractivity contribution in [2.24, 2.45) is 0 Å². The lowest BCUT2D eigenvalue weighted by atomic mass is 10.1. The number of thioether (sulfide) groups is 1. The van der Waals surface area contributed by atoms with Crippen LogP contribution < -0.4 is 4.90 Å². The number of ether oxygens (including phenoxy) is 1. The van der Waals surface area contributed by atoms with E-state index < -0.39 is 10.9 Å². The van der Waals surface area contributed by atoms with Crippen LogP contribution in [0, 0.1) is 10.1 Å². The van der Waals surface area contributed by atoms with Gasteiger partial charge in [0.2, 0.25) is 0 Å². The Hall–Kier alpha value is -1.76. The van der Waals surface area contributed by atoms with Crippen LogP contribution in [0.15, 0.2) is 18.2 Å². The van der Waals surface area contributed by atoms with Crippen LogP contribution in [0.5, 0.6) is 0 Å². The number of nitro groups is 1. The van der Waals surface area contributed by atoms with Gasteiger partial charge in [-0.3, -0.25) is 10.1 Å². The van der Waals surface area contributed by atoms with E-state index in [1.54, 1.807) is 19.1 Å². The van der Waals surface area contributed by atoms with Crippen molar-refractivity contribution in [3.63, 3.8) is 0 Å². The van der Waals surface area contributed by atoms with E-state index in [1.165, 1.54) is 6.07 Å². The number of carbonyl (C=O) groups is 1. The molecule has 1 aliphatic rings. The van der Waals surface area contributed by atoms with Crippen molar-refractivity contribution in [3.8, 4) is 0 Å². The highest BCUT2D eigenvalue weighted by Crippen LogP contribution is 2.27. The summed E-state index contributed by atoms with van der Waals surface area (Å²) in [6, 6.07) is 4.67. The summed E-state index contributed by atoms with van der Waals surface area (Å²) in [5.41, 5.74) is 0.656. The van der Waals surface area contributed by atoms with Crippen LogP contribution in [0.25, 0.3) is 0 Å². The molecule has 0 saturated carbocycles. The molecule has 6 nitrogen and oxygen atoms in total. The van der Waals surface area contributed by atoms with Gasteiger partial charge in [0, 0.05) is 30.6 Å². The van der Waals surface area contributed by atoms with E-state index in [1.807, 2.05) is 11.8 Å². The lowest BCUT2D eigenvalue weighted by Crippen LogP contribution is -2.25. The van der Waals surface area contributed by atoms with Crippen molar-refractivity contribution in [3.05, 3.63) is 33.9 Å². The average Bonchev–Trinajstić information content (AvgIpc) is 2.76. The molecule has 0 N–H and O–H groups in total. The minimum atomic E-state index is -0.643. The smallest absolute Gasteiger partial charge is 0.345 e. The molecule has 1 aromatic carbocycles. The Labute approximate surface area is 127 Å². The number of anilines is 1. The van der Waals surface area contributed by atoms with Crippen LogP contribution in [0.1, 0.15) is 23.7 Å². The molecule has 0 spiro atoms. The van der Waals surface area contributed by atoms with E-state index in [-0.39, 0.29) is 17.9 Å². The van der Waals surface area contributed by atoms with Crippen LogP contribution in [0.3, 0.4) is 0 Å². The van der Waals surface area contributed by atoms with Gasteiger partial charge in [-0.2, -0.15) is 11.8 Å². The first-order chi connectivity index (χ1) is 10.1.